The van der Waals surface area contributed by atoms with E-state index in [9.17, 15) is 14.7 Å². The van der Waals surface area contributed by atoms with Crippen molar-refractivity contribution in [1.82, 2.24) is 4.90 Å². The highest BCUT2D eigenvalue weighted by atomic mass is 16.6. The Kier molecular flexibility index (Phi) is 5.64. The Morgan fingerprint density at radius 1 is 1.22 bits per heavy atom. The number of phenolic OH excluding ortho intramolecular Hbond substituents is 1. The van der Waals surface area contributed by atoms with Gasteiger partial charge >= 0.3 is 6.09 Å². The lowest BCUT2D eigenvalue weighted by Gasteiger charge is -2.24. The highest BCUT2D eigenvalue weighted by molar-refractivity contribution is 5.94. The number of nitrogens with one attached hydrogen (secondary N) is 1. The number of amides is 2. The van der Waals surface area contributed by atoms with Crippen LogP contribution in [0.5, 0.6) is 11.5 Å². The van der Waals surface area contributed by atoms with Gasteiger partial charge in [-0.05, 0) is 11.5 Å². The molecule has 0 unspecified atom stereocenters. The third-order valence-electron chi connectivity index (χ3n) is 3.24. The predicted octanol–water partition coefficient (Wildman–Crippen LogP) is 3.34. The number of aromatic hydroxyl groups is 1. The van der Waals surface area contributed by atoms with E-state index in [4.69, 9.17) is 4.74 Å². The molecule has 0 fully saturated rings. The molecule has 0 aliphatic rings. The van der Waals surface area contributed by atoms with Gasteiger partial charge < -0.3 is 20.1 Å². The fourth-order valence-electron chi connectivity index (χ4n) is 1.80. The van der Waals surface area contributed by atoms with Gasteiger partial charge in [0.05, 0.1) is 5.69 Å². The highest BCUT2D eigenvalue weighted by Crippen LogP contribution is 2.40. The number of carbonyl (C=O) groups excluding carboxylic acids is 2. The zero-order chi connectivity index (χ0) is 17.9. The zero-order valence-electron chi connectivity index (χ0n) is 14.9. The standard InChI is InChI=1S/C17H26N2O4/c1-10(2)15(21)18-13-9-11(23-16(22)19(6)7)8-12(14(13)20)17(3,4)5/h8-10,20H,1-7H3,(H,18,21). The number of hydrogen-bond acceptors (Lipinski definition) is 4. The van der Waals surface area contributed by atoms with Crippen LogP contribution in [0.15, 0.2) is 12.1 Å². The molecule has 2 N–H and O–H groups in total. The second kappa shape index (κ2) is 6.89. The summed E-state index contributed by atoms with van der Waals surface area (Å²) < 4.78 is 5.27. The highest BCUT2D eigenvalue weighted by Gasteiger charge is 2.24. The first kappa shape index (κ1) is 18.8. The van der Waals surface area contributed by atoms with Gasteiger partial charge in [0.25, 0.3) is 0 Å². The van der Waals surface area contributed by atoms with Gasteiger partial charge in [0.1, 0.15) is 11.5 Å². The number of benzene rings is 1. The molecular weight excluding hydrogens is 296 g/mol. The Bertz CT molecular complexity index is 601. The number of ether oxygens (including phenoxy) is 1. The Labute approximate surface area is 137 Å². The minimum absolute atomic E-state index is 0.0175. The van der Waals surface area contributed by atoms with Crippen LogP contribution >= 0.6 is 0 Å². The van der Waals surface area contributed by atoms with Gasteiger partial charge in [-0.15, -0.1) is 0 Å². The van der Waals surface area contributed by atoms with Gasteiger partial charge in [0.15, 0.2) is 0 Å². The van der Waals surface area contributed by atoms with Crippen LogP contribution in [0.2, 0.25) is 0 Å². The van der Waals surface area contributed by atoms with E-state index in [1.54, 1.807) is 34.0 Å². The normalized spacial score (nSPS) is 11.3. The van der Waals surface area contributed by atoms with E-state index in [1.807, 2.05) is 20.8 Å². The molecule has 128 valence electrons. The summed E-state index contributed by atoms with van der Waals surface area (Å²) in [6, 6.07) is 3.06. The number of phenols is 1. The minimum Gasteiger partial charge on any atom is -0.505 e. The van der Waals surface area contributed by atoms with Gasteiger partial charge in [0, 0.05) is 31.6 Å². The Morgan fingerprint density at radius 2 is 1.78 bits per heavy atom. The molecule has 0 aliphatic heterocycles. The lowest BCUT2D eigenvalue weighted by molar-refractivity contribution is -0.118. The summed E-state index contributed by atoms with van der Waals surface area (Å²) in [4.78, 5) is 25.0. The summed E-state index contributed by atoms with van der Waals surface area (Å²) in [5.41, 5.74) is 0.431. The van der Waals surface area contributed by atoms with E-state index < -0.39 is 6.09 Å². The van der Waals surface area contributed by atoms with Crippen molar-refractivity contribution in [3.8, 4) is 11.5 Å². The van der Waals surface area contributed by atoms with Crippen LogP contribution in [-0.4, -0.2) is 36.1 Å². The largest absolute Gasteiger partial charge is 0.505 e. The lowest BCUT2D eigenvalue weighted by Crippen LogP contribution is -2.25. The van der Waals surface area contributed by atoms with Crippen molar-refractivity contribution in [1.29, 1.82) is 0 Å². The van der Waals surface area contributed by atoms with Crippen LogP contribution in [0.1, 0.15) is 40.2 Å². The number of nitrogens with zero attached hydrogens (tertiary/aromatic N) is 1. The molecule has 1 aromatic carbocycles. The Hall–Kier alpha value is -2.24. The quantitative estimate of drug-likeness (QED) is 0.837. The molecular formula is C17H26N2O4. The van der Waals surface area contributed by atoms with Gasteiger partial charge in [-0.3, -0.25) is 4.79 Å². The molecule has 6 nitrogen and oxygen atoms in total. The molecule has 0 saturated heterocycles. The molecule has 0 heterocycles. The van der Waals surface area contributed by atoms with Gasteiger partial charge in [-0.2, -0.15) is 0 Å². The molecule has 1 rings (SSSR count). The second-order valence-corrected chi connectivity index (χ2v) is 7.02. The number of rotatable bonds is 3. The van der Waals surface area contributed by atoms with Crippen LogP contribution in [0.25, 0.3) is 0 Å². The monoisotopic (exact) mass is 322 g/mol. The molecule has 0 atom stereocenters. The molecule has 2 amide bonds. The summed E-state index contributed by atoms with van der Waals surface area (Å²) in [7, 11) is 3.16. The first-order chi connectivity index (χ1) is 10.4. The maximum Gasteiger partial charge on any atom is 0.414 e. The minimum atomic E-state index is -0.531. The van der Waals surface area contributed by atoms with Gasteiger partial charge in [0.2, 0.25) is 5.91 Å². The molecule has 6 heteroatoms. The van der Waals surface area contributed by atoms with Crippen molar-refractivity contribution >= 4 is 17.7 Å². The number of anilines is 1. The number of carbonyl (C=O) groups is 2. The first-order valence-corrected chi connectivity index (χ1v) is 7.51. The van der Waals surface area contributed by atoms with Crippen LogP contribution in [0, 0.1) is 5.92 Å². The van der Waals surface area contributed by atoms with Crippen molar-refractivity contribution < 1.29 is 19.4 Å². The smallest absolute Gasteiger partial charge is 0.414 e. The van der Waals surface area contributed by atoms with E-state index in [0.29, 0.717) is 5.56 Å². The molecule has 0 bridgehead atoms. The average molecular weight is 322 g/mol. The maximum atomic E-state index is 11.9. The molecule has 0 aliphatic carbocycles. The van der Waals surface area contributed by atoms with E-state index in [0.717, 1.165) is 0 Å². The van der Waals surface area contributed by atoms with E-state index in [2.05, 4.69) is 5.32 Å². The predicted molar refractivity (Wildman–Crippen MR) is 90.0 cm³/mol. The number of hydrogen-bond donors (Lipinski definition) is 2. The Balaban J connectivity index is 3.33. The van der Waals surface area contributed by atoms with E-state index in [1.165, 1.54) is 11.0 Å². The van der Waals surface area contributed by atoms with Crippen molar-refractivity contribution in [2.24, 2.45) is 5.92 Å². The summed E-state index contributed by atoms with van der Waals surface area (Å²) in [6.45, 7) is 9.29. The second-order valence-electron chi connectivity index (χ2n) is 7.02. The molecule has 0 saturated carbocycles. The molecule has 23 heavy (non-hydrogen) atoms. The first-order valence-electron chi connectivity index (χ1n) is 7.51. The van der Waals surface area contributed by atoms with Crippen molar-refractivity contribution in [2.45, 2.75) is 40.0 Å². The topological polar surface area (TPSA) is 78.9 Å². The molecule has 0 aromatic heterocycles. The van der Waals surface area contributed by atoms with Crippen molar-refractivity contribution in [3.05, 3.63) is 17.7 Å². The fourth-order valence-corrected chi connectivity index (χ4v) is 1.80. The van der Waals surface area contributed by atoms with Crippen LogP contribution < -0.4 is 10.1 Å². The van der Waals surface area contributed by atoms with E-state index >= 15 is 0 Å². The van der Waals surface area contributed by atoms with Gasteiger partial charge in [-0.1, -0.05) is 34.6 Å². The van der Waals surface area contributed by atoms with Crippen molar-refractivity contribution in [2.75, 3.05) is 19.4 Å². The summed E-state index contributed by atoms with van der Waals surface area (Å²) in [6.07, 6.45) is -0.531. The SMILES string of the molecule is CC(C)C(=O)Nc1cc(OC(=O)N(C)C)cc(C(C)(C)C)c1O. The maximum absolute atomic E-state index is 11.9. The third kappa shape index (κ3) is 4.87. The third-order valence-corrected chi connectivity index (χ3v) is 3.24. The van der Waals surface area contributed by atoms with Gasteiger partial charge in [-0.25, -0.2) is 4.79 Å². The zero-order valence-corrected chi connectivity index (χ0v) is 14.9. The van der Waals surface area contributed by atoms with Crippen LogP contribution in [0.3, 0.4) is 0 Å². The summed E-state index contributed by atoms with van der Waals surface area (Å²) >= 11 is 0. The molecule has 0 radical (unpaired) electrons. The Morgan fingerprint density at radius 3 is 2.22 bits per heavy atom. The summed E-state index contributed by atoms with van der Waals surface area (Å²) in [5, 5.41) is 13.1. The van der Waals surface area contributed by atoms with Crippen molar-refractivity contribution in [3.63, 3.8) is 0 Å². The van der Waals surface area contributed by atoms with Crippen LogP contribution in [0.4, 0.5) is 10.5 Å². The molecule has 0 spiro atoms. The summed E-state index contributed by atoms with van der Waals surface area (Å²) in [5.74, 6) is -0.210. The van der Waals surface area contributed by atoms with E-state index in [-0.39, 0.29) is 34.4 Å². The van der Waals surface area contributed by atoms with Crippen LogP contribution in [-0.2, 0) is 10.2 Å². The fraction of sp³-hybridized carbons (Fsp3) is 0.529. The lowest BCUT2D eigenvalue weighted by atomic mass is 9.85. The molecule has 1 aromatic rings. The average Bonchev–Trinajstić information content (AvgIpc) is 2.40.